The van der Waals surface area contributed by atoms with Crippen LogP contribution in [0.2, 0.25) is 0 Å². The first-order chi connectivity index (χ1) is 22.5. The maximum absolute atomic E-state index is 15.0. The number of anilines is 1. The number of benzene rings is 4. The van der Waals surface area contributed by atoms with Crippen LogP contribution in [0.3, 0.4) is 0 Å². The molecule has 11 heteroatoms. The third kappa shape index (κ3) is 8.48. The Labute approximate surface area is 276 Å². The van der Waals surface area contributed by atoms with Gasteiger partial charge < -0.3 is 19.7 Å². The van der Waals surface area contributed by atoms with E-state index in [1.165, 1.54) is 55.5 Å². The van der Waals surface area contributed by atoms with Gasteiger partial charge >= 0.3 is 0 Å². The largest absolute Gasteiger partial charge is 0.493 e. The standard InChI is InChI=1S/C36H40FN3O6S/c1-6-38-36(42)32(21-27-12-8-7-9-13-27)39(23-28-14-10-11-15-31(28)37)35(41)24-40(29-19-25(2)18-26(3)20-29)47(43,44)30-16-17-33(45-4)34(22-30)46-5/h7-20,22,32H,6,21,23-24H2,1-5H3,(H,38,42). The zero-order valence-corrected chi connectivity index (χ0v) is 28.0. The lowest BCUT2D eigenvalue weighted by Crippen LogP contribution is -2.53. The van der Waals surface area contributed by atoms with E-state index in [9.17, 15) is 18.0 Å². The Hall–Kier alpha value is -4.90. The van der Waals surface area contributed by atoms with Crippen molar-refractivity contribution in [2.24, 2.45) is 0 Å². The Morgan fingerprint density at radius 1 is 0.851 bits per heavy atom. The lowest BCUT2D eigenvalue weighted by Gasteiger charge is -2.34. The van der Waals surface area contributed by atoms with Gasteiger partial charge in [-0.15, -0.1) is 0 Å². The number of halogens is 1. The maximum Gasteiger partial charge on any atom is 0.264 e. The molecule has 0 fully saturated rings. The highest BCUT2D eigenvalue weighted by atomic mass is 32.2. The molecule has 0 saturated heterocycles. The number of aryl methyl sites for hydroxylation is 2. The highest BCUT2D eigenvalue weighted by molar-refractivity contribution is 7.92. The van der Waals surface area contributed by atoms with Gasteiger partial charge in [-0.2, -0.15) is 0 Å². The van der Waals surface area contributed by atoms with Crippen LogP contribution in [-0.2, 0) is 32.6 Å². The zero-order chi connectivity index (χ0) is 34.1. The summed E-state index contributed by atoms with van der Waals surface area (Å²) in [7, 11) is -1.56. The molecule has 248 valence electrons. The highest BCUT2D eigenvalue weighted by Gasteiger charge is 2.35. The number of carbonyl (C=O) groups is 2. The Morgan fingerprint density at radius 3 is 2.11 bits per heavy atom. The Kier molecular flexibility index (Phi) is 11.6. The van der Waals surface area contributed by atoms with Crippen LogP contribution in [0.5, 0.6) is 11.5 Å². The third-order valence-corrected chi connectivity index (χ3v) is 9.41. The van der Waals surface area contributed by atoms with Crippen molar-refractivity contribution in [2.45, 2.75) is 44.7 Å². The summed E-state index contributed by atoms with van der Waals surface area (Å²) in [6, 6.07) is 23.5. The van der Waals surface area contributed by atoms with Crippen molar-refractivity contribution >= 4 is 27.5 Å². The van der Waals surface area contributed by atoms with Gasteiger partial charge in [-0.1, -0.05) is 54.6 Å². The number of rotatable bonds is 14. The lowest BCUT2D eigenvalue weighted by atomic mass is 10.0. The van der Waals surface area contributed by atoms with Crippen molar-refractivity contribution in [3.05, 3.63) is 119 Å². The Morgan fingerprint density at radius 2 is 1.49 bits per heavy atom. The molecule has 0 aliphatic rings. The lowest BCUT2D eigenvalue weighted by molar-refractivity contribution is -0.140. The van der Waals surface area contributed by atoms with Gasteiger partial charge in [0.15, 0.2) is 11.5 Å². The number of likely N-dealkylation sites (N-methyl/N-ethyl adjacent to an activating group) is 1. The monoisotopic (exact) mass is 661 g/mol. The van der Waals surface area contributed by atoms with Gasteiger partial charge in [0.2, 0.25) is 11.8 Å². The normalized spacial score (nSPS) is 11.8. The van der Waals surface area contributed by atoms with Gasteiger partial charge in [0.1, 0.15) is 18.4 Å². The number of sulfonamides is 1. The fourth-order valence-electron chi connectivity index (χ4n) is 5.38. The molecule has 1 atom stereocenters. The minimum Gasteiger partial charge on any atom is -0.493 e. The molecule has 4 aromatic rings. The van der Waals surface area contributed by atoms with Crippen LogP contribution >= 0.6 is 0 Å². The maximum atomic E-state index is 15.0. The number of nitrogens with one attached hydrogen (secondary N) is 1. The summed E-state index contributed by atoms with van der Waals surface area (Å²) in [5.74, 6) is -1.16. The van der Waals surface area contributed by atoms with Crippen LogP contribution in [-0.4, -0.2) is 58.5 Å². The van der Waals surface area contributed by atoms with Crippen LogP contribution in [0.4, 0.5) is 10.1 Å². The second kappa shape index (κ2) is 15.6. The van der Waals surface area contributed by atoms with E-state index >= 15 is 4.39 Å². The predicted octanol–water partition coefficient (Wildman–Crippen LogP) is 5.43. The molecule has 4 rings (SSSR count). The predicted molar refractivity (Wildman–Crippen MR) is 180 cm³/mol. The van der Waals surface area contributed by atoms with Crippen LogP contribution in [0.1, 0.15) is 29.2 Å². The van der Waals surface area contributed by atoms with Crippen LogP contribution in [0.25, 0.3) is 0 Å². The van der Waals surface area contributed by atoms with Crippen molar-refractivity contribution < 1.29 is 31.9 Å². The minimum absolute atomic E-state index is 0.124. The zero-order valence-electron chi connectivity index (χ0n) is 27.2. The molecule has 1 N–H and O–H groups in total. The van der Waals surface area contributed by atoms with Crippen molar-refractivity contribution in [1.29, 1.82) is 0 Å². The highest BCUT2D eigenvalue weighted by Crippen LogP contribution is 2.33. The summed E-state index contributed by atoms with van der Waals surface area (Å²) < 4.78 is 55.5. The first kappa shape index (κ1) is 35.0. The van der Waals surface area contributed by atoms with E-state index in [1.807, 2.05) is 50.2 Å². The third-order valence-electron chi connectivity index (χ3n) is 7.64. The number of nitrogens with zero attached hydrogens (tertiary/aromatic N) is 2. The quantitative estimate of drug-likeness (QED) is 0.193. The molecule has 4 aromatic carbocycles. The van der Waals surface area contributed by atoms with Gasteiger partial charge in [0.25, 0.3) is 10.0 Å². The fourth-order valence-corrected chi connectivity index (χ4v) is 6.80. The summed E-state index contributed by atoms with van der Waals surface area (Å²) in [5.41, 5.74) is 2.79. The van der Waals surface area contributed by atoms with Gasteiger partial charge in [0.05, 0.1) is 24.8 Å². The van der Waals surface area contributed by atoms with Crippen molar-refractivity contribution in [3.8, 4) is 11.5 Å². The summed E-state index contributed by atoms with van der Waals surface area (Å²) in [6.07, 6.45) is 0.124. The second-order valence-electron chi connectivity index (χ2n) is 11.1. The molecule has 0 saturated carbocycles. The number of methoxy groups -OCH3 is 2. The number of carbonyl (C=O) groups excluding carboxylic acids is 2. The number of amides is 2. The van der Waals surface area contributed by atoms with E-state index in [1.54, 1.807) is 25.1 Å². The Bertz CT molecular complexity index is 1800. The molecule has 47 heavy (non-hydrogen) atoms. The first-order valence-corrected chi connectivity index (χ1v) is 16.6. The summed E-state index contributed by atoms with van der Waals surface area (Å²) in [5, 5.41) is 2.80. The summed E-state index contributed by atoms with van der Waals surface area (Å²) in [4.78, 5) is 29.3. The molecule has 0 bridgehead atoms. The molecule has 0 aliphatic carbocycles. The first-order valence-electron chi connectivity index (χ1n) is 15.2. The van der Waals surface area contributed by atoms with Crippen molar-refractivity contribution in [1.82, 2.24) is 10.2 Å². The molecular weight excluding hydrogens is 621 g/mol. The molecule has 0 heterocycles. The van der Waals surface area contributed by atoms with Gasteiger partial charge in [0, 0.05) is 31.1 Å². The van der Waals surface area contributed by atoms with Gasteiger partial charge in [-0.25, -0.2) is 12.8 Å². The van der Waals surface area contributed by atoms with E-state index in [0.717, 1.165) is 21.0 Å². The average molecular weight is 662 g/mol. The molecular formula is C36H40FN3O6S. The molecule has 0 aromatic heterocycles. The van der Waals surface area contributed by atoms with Crippen molar-refractivity contribution in [2.75, 3.05) is 31.6 Å². The molecule has 9 nitrogen and oxygen atoms in total. The molecule has 0 aliphatic heterocycles. The van der Waals surface area contributed by atoms with E-state index < -0.39 is 40.2 Å². The van der Waals surface area contributed by atoms with Gasteiger partial charge in [-0.05, 0) is 67.8 Å². The van der Waals surface area contributed by atoms with Crippen LogP contribution in [0.15, 0.2) is 95.9 Å². The smallest absolute Gasteiger partial charge is 0.264 e. The fraction of sp³-hybridized carbons (Fsp3) is 0.278. The molecule has 0 radical (unpaired) electrons. The van der Waals surface area contributed by atoms with Gasteiger partial charge in [-0.3, -0.25) is 13.9 Å². The van der Waals surface area contributed by atoms with E-state index in [-0.39, 0.29) is 34.9 Å². The Balaban J connectivity index is 1.85. The summed E-state index contributed by atoms with van der Waals surface area (Å²) in [6.45, 7) is 4.78. The van der Waals surface area contributed by atoms with E-state index in [4.69, 9.17) is 9.47 Å². The second-order valence-corrected chi connectivity index (χ2v) is 12.9. The number of ether oxygens (including phenoxy) is 2. The average Bonchev–Trinajstić information content (AvgIpc) is 3.05. The van der Waals surface area contributed by atoms with E-state index in [0.29, 0.717) is 12.3 Å². The topological polar surface area (TPSA) is 105 Å². The minimum atomic E-state index is -4.39. The van der Waals surface area contributed by atoms with Crippen LogP contribution < -0.4 is 19.1 Å². The number of hydrogen-bond donors (Lipinski definition) is 1. The molecule has 1 unspecified atom stereocenters. The summed E-state index contributed by atoms with van der Waals surface area (Å²) >= 11 is 0. The molecule has 0 spiro atoms. The van der Waals surface area contributed by atoms with Crippen LogP contribution in [0, 0.1) is 19.7 Å². The SMILES string of the molecule is CCNC(=O)C(Cc1ccccc1)N(Cc1ccccc1F)C(=O)CN(c1cc(C)cc(C)c1)S(=O)(=O)c1ccc(OC)c(OC)c1. The van der Waals surface area contributed by atoms with E-state index in [2.05, 4.69) is 5.32 Å². The molecule has 2 amide bonds. The van der Waals surface area contributed by atoms with Crippen molar-refractivity contribution in [3.63, 3.8) is 0 Å². The number of hydrogen-bond acceptors (Lipinski definition) is 6.